The van der Waals surface area contributed by atoms with Crippen LogP contribution in [0.5, 0.6) is 0 Å². The lowest BCUT2D eigenvalue weighted by Gasteiger charge is -2.12. The molecular weight excluding hydrogens is 378 g/mol. The Morgan fingerprint density at radius 1 is 1.31 bits per heavy atom. The molecule has 1 heterocycles. The van der Waals surface area contributed by atoms with Gasteiger partial charge in [0.15, 0.2) is 5.69 Å². The summed E-state index contributed by atoms with van der Waals surface area (Å²) in [6, 6.07) is 7.11. The van der Waals surface area contributed by atoms with Gasteiger partial charge in [0.2, 0.25) is 11.3 Å². The van der Waals surface area contributed by atoms with E-state index in [0.717, 1.165) is 6.42 Å². The first-order chi connectivity index (χ1) is 13.7. The molecule has 0 fully saturated rings. The Morgan fingerprint density at radius 3 is 2.66 bits per heavy atom. The maximum absolute atomic E-state index is 12.4. The van der Waals surface area contributed by atoms with Crippen molar-refractivity contribution in [2.75, 3.05) is 6.54 Å². The number of nitro benzene ring substituents is 1. The van der Waals surface area contributed by atoms with Gasteiger partial charge in [0.25, 0.3) is 11.6 Å². The number of amides is 2. The summed E-state index contributed by atoms with van der Waals surface area (Å²) in [4.78, 5) is 47.1. The summed E-state index contributed by atoms with van der Waals surface area (Å²) in [7, 11) is 0. The van der Waals surface area contributed by atoms with E-state index in [1.54, 1.807) is 13.0 Å². The highest BCUT2D eigenvalue weighted by Crippen LogP contribution is 2.22. The SMILES string of the molecule is CCC(C)NC(=O)CCNC(=O)c1nn(-c2ccccc2[N+](=O)[O-])c(C)cc1=O. The van der Waals surface area contributed by atoms with E-state index in [0.29, 0.717) is 5.69 Å². The third kappa shape index (κ3) is 5.47. The highest BCUT2D eigenvalue weighted by Gasteiger charge is 2.20. The molecule has 29 heavy (non-hydrogen) atoms. The maximum Gasteiger partial charge on any atom is 0.294 e. The predicted molar refractivity (Wildman–Crippen MR) is 106 cm³/mol. The second kappa shape index (κ2) is 9.58. The normalized spacial score (nSPS) is 11.6. The van der Waals surface area contributed by atoms with Gasteiger partial charge in [-0.1, -0.05) is 19.1 Å². The Bertz CT molecular complexity index is 985. The molecule has 0 aliphatic rings. The molecule has 1 aromatic heterocycles. The van der Waals surface area contributed by atoms with Crippen LogP contribution in [-0.4, -0.2) is 39.1 Å². The largest absolute Gasteiger partial charge is 0.354 e. The van der Waals surface area contributed by atoms with Gasteiger partial charge < -0.3 is 10.6 Å². The molecule has 0 radical (unpaired) electrons. The van der Waals surface area contributed by atoms with Crippen LogP contribution in [-0.2, 0) is 4.79 Å². The summed E-state index contributed by atoms with van der Waals surface area (Å²) in [6.07, 6.45) is 0.844. The van der Waals surface area contributed by atoms with Crippen LogP contribution in [0.25, 0.3) is 5.69 Å². The molecule has 0 saturated carbocycles. The van der Waals surface area contributed by atoms with E-state index in [4.69, 9.17) is 0 Å². The fourth-order valence-corrected chi connectivity index (χ4v) is 2.57. The van der Waals surface area contributed by atoms with Crippen LogP contribution in [0.3, 0.4) is 0 Å². The fourth-order valence-electron chi connectivity index (χ4n) is 2.57. The Labute approximate surface area is 167 Å². The standard InChI is InChI=1S/C19H23N5O5/c1-4-12(2)21-17(26)9-10-20-19(27)18-16(25)11-13(3)23(22-18)14-7-5-6-8-15(14)24(28)29/h5-8,11-12H,4,9-10H2,1-3H3,(H,20,27)(H,21,26). The Kier molecular flexibility index (Phi) is 7.18. The van der Waals surface area contributed by atoms with Crippen LogP contribution in [0.15, 0.2) is 35.1 Å². The molecule has 2 rings (SSSR count). The molecule has 154 valence electrons. The first kappa shape index (κ1) is 21.7. The van der Waals surface area contributed by atoms with E-state index in [-0.39, 0.29) is 36.3 Å². The van der Waals surface area contributed by atoms with Crippen molar-refractivity contribution in [1.82, 2.24) is 20.4 Å². The number of nitro groups is 1. The molecule has 0 bridgehead atoms. The van der Waals surface area contributed by atoms with E-state index in [1.807, 2.05) is 13.8 Å². The Morgan fingerprint density at radius 2 is 2.00 bits per heavy atom. The number of hydrogen-bond acceptors (Lipinski definition) is 6. The molecule has 0 spiro atoms. The molecule has 0 aliphatic carbocycles. The number of hydrogen-bond donors (Lipinski definition) is 2. The zero-order chi connectivity index (χ0) is 21.6. The van der Waals surface area contributed by atoms with Crippen LogP contribution < -0.4 is 16.1 Å². The molecule has 0 saturated heterocycles. The summed E-state index contributed by atoms with van der Waals surface area (Å²) in [5.41, 5.74) is -0.749. The molecule has 10 heteroatoms. The van der Waals surface area contributed by atoms with Gasteiger partial charge in [-0.2, -0.15) is 5.10 Å². The van der Waals surface area contributed by atoms with E-state index in [9.17, 15) is 24.5 Å². The van der Waals surface area contributed by atoms with Crippen molar-refractivity contribution in [3.05, 3.63) is 62.1 Å². The van der Waals surface area contributed by atoms with Gasteiger partial charge in [-0.3, -0.25) is 24.5 Å². The van der Waals surface area contributed by atoms with Gasteiger partial charge in [0.1, 0.15) is 5.69 Å². The maximum atomic E-state index is 12.4. The third-order valence-electron chi connectivity index (χ3n) is 4.29. The molecule has 2 aromatic rings. The summed E-state index contributed by atoms with van der Waals surface area (Å²) in [6.45, 7) is 5.41. The quantitative estimate of drug-likeness (QED) is 0.508. The van der Waals surface area contributed by atoms with E-state index >= 15 is 0 Å². The van der Waals surface area contributed by atoms with Crippen molar-refractivity contribution in [3.63, 3.8) is 0 Å². The number of carbonyl (C=O) groups excluding carboxylic acids is 2. The second-order valence-corrected chi connectivity index (χ2v) is 6.54. The smallest absolute Gasteiger partial charge is 0.294 e. The van der Waals surface area contributed by atoms with Gasteiger partial charge in [0, 0.05) is 36.8 Å². The first-order valence-corrected chi connectivity index (χ1v) is 9.17. The Balaban J connectivity index is 2.21. The molecule has 1 atom stereocenters. The van der Waals surface area contributed by atoms with Crippen LogP contribution in [0, 0.1) is 17.0 Å². The van der Waals surface area contributed by atoms with Gasteiger partial charge in [-0.15, -0.1) is 0 Å². The predicted octanol–water partition coefficient (Wildman–Crippen LogP) is 1.48. The number of nitrogens with zero attached hydrogens (tertiary/aromatic N) is 3. The number of benzene rings is 1. The third-order valence-corrected chi connectivity index (χ3v) is 4.29. The molecule has 1 unspecified atom stereocenters. The highest BCUT2D eigenvalue weighted by atomic mass is 16.6. The van der Waals surface area contributed by atoms with E-state index < -0.39 is 22.0 Å². The number of rotatable bonds is 8. The van der Waals surface area contributed by atoms with Crippen LogP contribution in [0.2, 0.25) is 0 Å². The van der Waals surface area contributed by atoms with Gasteiger partial charge in [-0.05, 0) is 26.3 Å². The number of para-hydroxylation sites is 2. The number of aromatic nitrogens is 2. The topological polar surface area (TPSA) is 136 Å². The Hall–Kier alpha value is -3.56. The van der Waals surface area contributed by atoms with E-state index in [2.05, 4.69) is 15.7 Å². The summed E-state index contributed by atoms with van der Waals surface area (Å²) < 4.78 is 1.18. The van der Waals surface area contributed by atoms with Gasteiger partial charge in [-0.25, -0.2) is 4.68 Å². The van der Waals surface area contributed by atoms with Crippen molar-refractivity contribution in [2.45, 2.75) is 39.7 Å². The number of nitrogens with one attached hydrogen (secondary N) is 2. The van der Waals surface area contributed by atoms with Crippen molar-refractivity contribution < 1.29 is 14.5 Å². The summed E-state index contributed by atoms with van der Waals surface area (Å²) in [5, 5.41) is 20.6. The molecule has 1 aromatic carbocycles. The average molecular weight is 401 g/mol. The van der Waals surface area contributed by atoms with Crippen molar-refractivity contribution in [3.8, 4) is 5.69 Å². The number of carbonyl (C=O) groups is 2. The number of aryl methyl sites for hydroxylation is 1. The minimum atomic E-state index is -0.751. The van der Waals surface area contributed by atoms with Crippen LogP contribution in [0.4, 0.5) is 5.69 Å². The fraction of sp³-hybridized carbons (Fsp3) is 0.368. The molecule has 10 nitrogen and oxygen atoms in total. The minimum absolute atomic E-state index is 0.0293. The summed E-state index contributed by atoms with van der Waals surface area (Å²) >= 11 is 0. The zero-order valence-electron chi connectivity index (χ0n) is 16.5. The molecular formula is C19H23N5O5. The average Bonchev–Trinajstić information content (AvgIpc) is 2.67. The van der Waals surface area contributed by atoms with Crippen LogP contribution in [0.1, 0.15) is 42.9 Å². The van der Waals surface area contributed by atoms with Crippen molar-refractivity contribution in [2.24, 2.45) is 0 Å². The first-order valence-electron chi connectivity index (χ1n) is 9.17. The summed E-state index contributed by atoms with van der Waals surface area (Å²) in [5.74, 6) is -0.965. The minimum Gasteiger partial charge on any atom is -0.354 e. The van der Waals surface area contributed by atoms with Gasteiger partial charge in [0.05, 0.1) is 4.92 Å². The zero-order valence-corrected chi connectivity index (χ0v) is 16.5. The lowest BCUT2D eigenvalue weighted by Crippen LogP contribution is -2.37. The lowest BCUT2D eigenvalue weighted by atomic mass is 10.2. The lowest BCUT2D eigenvalue weighted by molar-refractivity contribution is -0.384. The highest BCUT2D eigenvalue weighted by molar-refractivity contribution is 5.92. The van der Waals surface area contributed by atoms with Crippen molar-refractivity contribution >= 4 is 17.5 Å². The van der Waals surface area contributed by atoms with E-state index in [1.165, 1.54) is 28.9 Å². The van der Waals surface area contributed by atoms with Gasteiger partial charge >= 0.3 is 0 Å². The monoisotopic (exact) mass is 401 g/mol. The molecule has 0 aliphatic heterocycles. The molecule has 2 amide bonds. The van der Waals surface area contributed by atoms with Crippen molar-refractivity contribution in [1.29, 1.82) is 0 Å². The molecule has 2 N–H and O–H groups in total. The van der Waals surface area contributed by atoms with Crippen LogP contribution >= 0.6 is 0 Å². The second-order valence-electron chi connectivity index (χ2n) is 6.54.